The lowest BCUT2D eigenvalue weighted by molar-refractivity contribution is -0.137. The Labute approximate surface area is 140 Å². The number of amides is 1. The number of carbonyl (C=O) groups is 1. The molecule has 1 heterocycles. The van der Waals surface area contributed by atoms with Gasteiger partial charge in [0, 0.05) is 25.7 Å². The first-order chi connectivity index (χ1) is 10.8. The molecule has 1 saturated heterocycles. The molecule has 2 rings (SSSR count). The molecule has 0 bridgehead atoms. The Bertz CT molecular complexity index is 523. The molecule has 4 nitrogen and oxygen atoms in total. The van der Waals surface area contributed by atoms with Gasteiger partial charge < -0.3 is 15.0 Å². The summed E-state index contributed by atoms with van der Waals surface area (Å²) in [5, 5.41) is 3.38. The van der Waals surface area contributed by atoms with Crippen molar-refractivity contribution in [2.75, 3.05) is 26.2 Å². The minimum absolute atomic E-state index is 0.196. The number of nitrogens with one attached hydrogen (secondary N) is 1. The number of benzene rings is 1. The summed E-state index contributed by atoms with van der Waals surface area (Å²) in [6, 6.07) is 8.31. The van der Waals surface area contributed by atoms with E-state index in [1.807, 2.05) is 43.0 Å². The van der Waals surface area contributed by atoms with Gasteiger partial charge in [0.05, 0.1) is 12.0 Å². The predicted octanol–water partition coefficient (Wildman–Crippen LogP) is 2.82. The van der Waals surface area contributed by atoms with Crippen LogP contribution in [0.2, 0.25) is 0 Å². The quantitative estimate of drug-likeness (QED) is 0.908. The fourth-order valence-corrected chi connectivity index (χ4v) is 2.87. The van der Waals surface area contributed by atoms with E-state index in [0.717, 1.165) is 30.9 Å². The number of hydrogen-bond acceptors (Lipinski definition) is 3. The third-order valence-corrected chi connectivity index (χ3v) is 4.35. The van der Waals surface area contributed by atoms with Crippen molar-refractivity contribution < 1.29 is 9.53 Å². The van der Waals surface area contributed by atoms with E-state index in [1.54, 1.807) is 0 Å². The summed E-state index contributed by atoms with van der Waals surface area (Å²) >= 11 is 0. The molecule has 0 spiro atoms. The Morgan fingerprint density at radius 2 is 2.00 bits per heavy atom. The van der Waals surface area contributed by atoms with Crippen LogP contribution in [-0.4, -0.2) is 43.1 Å². The Morgan fingerprint density at radius 3 is 2.57 bits per heavy atom. The van der Waals surface area contributed by atoms with Gasteiger partial charge in [-0.2, -0.15) is 0 Å². The highest BCUT2D eigenvalue weighted by Gasteiger charge is 2.35. The molecule has 128 valence electrons. The van der Waals surface area contributed by atoms with Crippen molar-refractivity contribution in [3.63, 3.8) is 0 Å². The smallest absolute Gasteiger partial charge is 0.232 e. The maximum absolute atomic E-state index is 12.9. The van der Waals surface area contributed by atoms with Gasteiger partial charge in [-0.15, -0.1) is 0 Å². The summed E-state index contributed by atoms with van der Waals surface area (Å²) in [4.78, 5) is 14.9. The molecular weight excluding hydrogens is 288 g/mol. The second-order valence-electron chi connectivity index (χ2n) is 7.46. The van der Waals surface area contributed by atoms with E-state index in [9.17, 15) is 4.79 Å². The van der Waals surface area contributed by atoms with E-state index in [4.69, 9.17) is 4.74 Å². The van der Waals surface area contributed by atoms with Crippen LogP contribution in [-0.2, 0) is 10.2 Å². The van der Waals surface area contributed by atoms with Crippen LogP contribution in [0.1, 0.15) is 40.2 Å². The molecule has 1 N–H and O–H groups in total. The molecule has 1 aromatic carbocycles. The molecule has 1 atom stereocenters. The van der Waals surface area contributed by atoms with Crippen LogP contribution in [0.25, 0.3) is 0 Å². The molecular formula is C19H30N2O2. The van der Waals surface area contributed by atoms with Crippen LogP contribution in [0.4, 0.5) is 0 Å². The number of piperazine rings is 1. The second kappa shape index (κ2) is 7.35. The van der Waals surface area contributed by atoms with Gasteiger partial charge in [-0.3, -0.25) is 4.79 Å². The molecule has 1 aliphatic rings. The van der Waals surface area contributed by atoms with Crippen LogP contribution in [0, 0.1) is 5.92 Å². The van der Waals surface area contributed by atoms with Crippen LogP contribution in [0.5, 0.6) is 5.75 Å². The molecule has 1 unspecified atom stereocenters. The third-order valence-electron chi connectivity index (χ3n) is 4.35. The minimum Gasteiger partial charge on any atom is -0.493 e. The summed E-state index contributed by atoms with van der Waals surface area (Å²) in [5.74, 6) is 1.56. The van der Waals surface area contributed by atoms with Crippen LogP contribution in [0.3, 0.4) is 0 Å². The molecule has 0 aromatic heterocycles. The summed E-state index contributed by atoms with van der Waals surface area (Å²) in [6.07, 6.45) is 0. The highest BCUT2D eigenvalue weighted by molar-refractivity contribution is 5.87. The Morgan fingerprint density at radius 1 is 1.35 bits per heavy atom. The van der Waals surface area contributed by atoms with E-state index < -0.39 is 5.41 Å². The number of nitrogens with zero attached hydrogens (tertiary/aromatic N) is 1. The van der Waals surface area contributed by atoms with Gasteiger partial charge in [-0.25, -0.2) is 0 Å². The summed E-state index contributed by atoms with van der Waals surface area (Å²) in [7, 11) is 0. The molecule has 4 heteroatoms. The number of ether oxygens (including phenoxy) is 1. The van der Waals surface area contributed by atoms with Gasteiger partial charge in [0.2, 0.25) is 5.91 Å². The lowest BCUT2D eigenvalue weighted by Crippen LogP contribution is -2.55. The number of hydrogen-bond donors (Lipinski definition) is 1. The maximum Gasteiger partial charge on any atom is 0.232 e. The summed E-state index contributed by atoms with van der Waals surface area (Å²) < 4.78 is 5.72. The van der Waals surface area contributed by atoms with Gasteiger partial charge in [0.15, 0.2) is 0 Å². The highest BCUT2D eigenvalue weighted by atomic mass is 16.5. The number of rotatable bonds is 5. The van der Waals surface area contributed by atoms with Crippen molar-refractivity contribution >= 4 is 5.91 Å². The van der Waals surface area contributed by atoms with Gasteiger partial charge in [0.1, 0.15) is 5.75 Å². The first-order valence-electron chi connectivity index (χ1n) is 8.57. The molecule has 23 heavy (non-hydrogen) atoms. The second-order valence-corrected chi connectivity index (χ2v) is 7.46. The zero-order valence-electron chi connectivity index (χ0n) is 15.1. The SMILES string of the molecule is CC(C)COc1ccc(C(C)(C)C(=O)N2CCNC(C)C2)cc1. The van der Waals surface area contributed by atoms with Crippen LogP contribution < -0.4 is 10.1 Å². The fourth-order valence-electron chi connectivity index (χ4n) is 2.87. The van der Waals surface area contributed by atoms with Crippen molar-refractivity contribution in [2.24, 2.45) is 5.92 Å². The zero-order valence-corrected chi connectivity index (χ0v) is 15.1. The summed E-state index contributed by atoms with van der Waals surface area (Å²) in [6.45, 7) is 13.5. The molecule has 1 aromatic rings. The molecule has 0 aliphatic carbocycles. The molecule has 1 aliphatic heterocycles. The highest BCUT2D eigenvalue weighted by Crippen LogP contribution is 2.28. The van der Waals surface area contributed by atoms with E-state index in [0.29, 0.717) is 18.6 Å². The standard InChI is InChI=1S/C19H30N2O2/c1-14(2)13-23-17-8-6-16(7-9-17)19(4,5)18(22)21-11-10-20-15(3)12-21/h6-9,14-15,20H,10-13H2,1-5H3. The topological polar surface area (TPSA) is 41.6 Å². The molecule has 1 fully saturated rings. The monoisotopic (exact) mass is 318 g/mol. The fraction of sp³-hybridized carbons (Fsp3) is 0.632. The lowest BCUT2D eigenvalue weighted by Gasteiger charge is -2.37. The Hall–Kier alpha value is -1.55. The van der Waals surface area contributed by atoms with Gasteiger partial charge in [-0.1, -0.05) is 26.0 Å². The van der Waals surface area contributed by atoms with E-state index in [1.165, 1.54) is 0 Å². The average molecular weight is 318 g/mol. The van der Waals surface area contributed by atoms with Gasteiger partial charge in [0.25, 0.3) is 0 Å². The van der Waals surface area contributed by atoms with Crippen molar-refractivity contribution in [1.82, 2.24) is 10.2 Å². The summed E-state index contributed by atoms with van der Waals surface area (Å²) in [5.41, 5.74) is 0.513. The number of carbonyl (C=O) groups excluding carboxylic acids is 1. The predicted molar refractivity (Wildman–Crippen MR) is 93.8 cm³/mol. The normalized spacial score (nSPS) is 19.0. The third kappa shape index (κ3) is 4.47. The van der Waals surface area contributed by atoms with E-state index in [-0.39, 0.29) is 5.91 Å². The Kier molecular flexibility index (Phi) is 5.69. The Balaban J connectivity index is 2.07. The lowest BCUT2D eigenvalue weighted by atomic mass is 9.83. The average Bonchev–Trinajstić information content (AvgIpc) is 2.52. The van der Waals surface area contributed by atoms with E-state index in [2.05, 4.69) is 26.1 Å². The van der Waals surface area contributed by atoms with Gasteiger partial charge in [-0.05, 0) is 44.4 Å². The van der Waals surface area contributed by atoms with Crippen molar-refractivity contribution in [1.29, 1.82) is 0 Å². The van der Waals surface area contributed by atoms with E-state index >= 15 is 0 Å². The molecule has 1 amide bonds. The largest absolute Gasteiger partial charge is 0.493 e. The molecule has 0 saturated carbocycles. The maximum atomic E-state index is 12.9. The first-order valence-corrected chi connectivity index (χ1v) is 8.57. The minimum atomic E-state index is -0.520. The zero-order chi connectivity index (χ0) is 17.0. The first kappa shape index (κ1) is 17.8. The van der Waals surface area contributed by atoms with Crippen molar-refractivity contribution in [3.05, 3.63) is 29.8 Å². The molecule has 0 radical (unpaired) electrons. The van der Waals surface area contributed by atoms with Crippen molar-refractivity contribution in [3.8, 4) is 5.75 Å². The van der Waals surface area contributed by atoms with Crippen LogP contribution in [0.15, 0.2) is 24.3 Å². The van der Waals surface area contributed by atoms with Crippen molar-refractivity contribution in [2.45, 2.75) is 46.1 Å². The van der Waals surface area contributed by atoms with Crippen LogP contribution >= 0.6 is 0 Å². The van der Waals surface area contributed by atoms with Gasteiger partial charge >= 0.3 is 0 Å².